The van der Waals surface area contributed by atoms with Gasteiger partial charge in [-0.15, -0.1) is 11.8 Å². The third-order valence-electron chi connectivity index (χ3n) is 3.76. The van der Waals surface area contributed by atoms with Crippen LogP contribution in [0.5, 0.6) is 11.5 Å². The summed E-state index contributed by atoms with van der Waals surface area (Å²) in [6.07, 6.45) is 0. The van der Waals surface area contributed by atoms with Crippen molar-refractivity contribution >= 4 is 35.0 Å². The Bertz CT molecular complexity index is 933. The Morgan fingerprint density at radius 3 is 2.29 bits per heavy atom. The van der Waals surface area contributed by atoms with Crippen LogP contribution in [0.3, 0.4) is 0 Å². The van der Waals surface area contributed by atoms with Gasteiger partial charge in [0.25, 0.3) is 5.91 Å². The van der Waals surface area contributed by atoms with Crippen LogP contribution in [0.2, 0.25) is 0 Å². The van der Waals surface area contributed by atoms with E-state index in [1.807, 2.05) is 0 Å². The number of benzene rings is 2. The number of primary amides is 1. The summed E-state index contributed by atoms with van der Waals surface area (Å²) in [6.45, 7) is 1.34. The SMILES string of the molecule is COc1cc(NC(=O)CSc2ccc(C(C)=O)cc2F)c(C(N)=O)cc1OC. The zero-order chi connectivity index (χ0) is 20.8. The van der Waals surface area contributed by atoms with E-state index < -0.39 is 17.6 Å². The fourth-order valence-corrected chi connectivity index (χ4v) is 3.07. The second kappa shape index (κ2) is 9.23. The number of anilines is 1. The van der Waals surface area contributed by atoms with Crippen LogP contribution in [-0.4, -0.2) is 37.6 Å². The maximum absolute atomic E-state index is 14.0. The number of nitrogens with one attached hydrogen (secondary N) is 1. The van der Waals surface area contributed by atoms with E-state index in [0.717, 1.165) is 17.8 Å². The Morgan fingerprint density at radius 2 is 1.75 bits per heavy atom. The Balaban J connectivity index is 2.15. The van der Waals surface area contributed by atoms with Crippen LogP contribution in [0.4, 0.5) is 10.1 Å². The Hall–Kier alpha value is -3.07. The first-order valence-electron chi connectivity index (χ1n) is 8.05. The number of thioether (sulfide) groups is 1. The highest BCUT2D eigenvalue weighted by atomic mass is 32.2. The molecule has 9 heteroatoms. The number of Topliss-reactive ketones (excluding diaryl/α,β-unsaturated/α-hetero) is 1. The molecule has 2 amide bonds. The number of carbonyl (C=O) groups excluding carboxylic acids is 3. The van der Waals surface area contributed by atoms with E-state index in [0.29, 0.717) is 5.75 Å². The van der Waals surface area contributed by atoms with Crippen LogP contribution in [-0.2, 0) is 4.79 Å². The molecule has 0 radical (unpaired) electrons. The summed E-state index contributed by atoms with van der Waals surface area (Å²) < 4.78 is 24.3. The molecule has 0 atom stereocenters. The minimum absolute atomic E-state index is 0.0491. The summed E-state index contributed by atoms with van der Waals surface area (Å²) in [4.78, 5) is 35.4. The van der Waals surface area contributed by atoms with Gasteiger partial charge in [0.1, 0.15) is 5.82 Å². The molecule has 0 aromatic heterocycles. The number of carbonyl (C=O) groups is 3. The van der Waals surface area contributed by atoms with Crippen molar-refractivity contribution in [1.82, 2.24) is 0 Å². The van der Waals surface area contributed by atoms with Crippen LogP contribution in [0, 0.1) is 5.82 Å². The molecule has 3 N–H and O–H groups in total. The molecular weight excluding hydrogens is 387 g/mol. The van der Waals surface area contributed by atoms with Gasteiger partial charge in [-0.3, -0.25) is 14.4 Å². The smallest absolute Gasteiger partial charge is 0.250 e. The van der Waals surface area contributed by atoms with Crippen molar-refractivity contribution in [2.45, 2.75) is 11.8 Å². The van der Waals surface area contributed by atoms with E-state index in [9.17, 15) is 18.8 Å². The summed E-state index contributed by atoms with van der Waals surface area (Å²) in [6, 6.07) is 6.84. The molecule has 0 unspecified atom stereocenters. The third kappa shape index (κ3) is 5.01. The molecule has 0 heterocycles. The van der Waals surface area contributed by atoms with Crippen molar-refractivity contribution < 1.29 is 28.2 Å². The van der Waals surface area contributed by atoms with Gasteiger partial charge in [-0.2, -0.15) is 0 Å². The van der Waals surface area contributed by atoms with Crippen LogP contribution >= 0.6 is 11.8 Å². The Labute approximate surface area is 165 Å². The van der Waals surface area contributed by atoms with Crippen molar-refractivity contribution in [3.8, 4) is 11.5 Å². The first-order valence-corrected chi connectivity index (χ1v) is 9.04. The van der Waals surface area contributed by atoms with Crippen LogP contribution < -0.4 is 20.5 Å². The summed E-state index contributed by atoms with van der Waals surface area (Å²) in [7, 11) is 2.82. The van der Waals surface area contributed by atoms with E-state index in [-0.39, 0.29) is 39.0 Å². The largest absolute Gasteiger partial charge is 0.493 e. The third-order valence-corrected chi connectivity index (χ3v) is 4.81. The van der Waals surface area contributed by atoms with Gasteiger partial charge >= 0.3 is 0 Å². The number of hydrogen-bond donors (Lipinski definition) is 2. The van der Waals surface area contributed by atoms with Crippen molar-refractivity contribution in [2.75, 3.05) is 25.3 Å². The highest BCUT2D eigenvalue weighted by molar-refractivity contribution is 8.00. The van der Waals surface area contributed by atoms with Gasteiger partial charge < -0.3 is 20.5 Å². The fraction of sp³-hybridized carbons (Fsp3) is 0.211. The minimum Gasteiger partial charge on any atom is -0.493 e. The first-order chi connectivity index (χ1) is 13.3. The minimum atomic E-state index is -0.755. The lowest BCUT2D eigenvalue weighted by molar-refractivity contribution is -0.113. The molecule has 7 nitrogen and oxygen atoms in total. The zero-order valence-corrected chi connectivity index (χ0v) is 16.3. The van der Waals surface area contributed by atoms with E-state index in [1.54, 1.807) is 0 Å². The number of ketones is 1. The number of hydrogen-bond acceptors (Lipinski definition) is 6. The van der Waals surface area contributed by atoms with Gasteiger partial charge in [0.05, 0.1) is 31.2 Å². The predicted molar refractivity (Wildman–Crippen MR) is 104 cm³/mol. The molecule has 0 saturated carbocycles. The van der Waals surface area contributed by atoms with Crippen molar-refractivity contribution in [3.63, 3.8) is 0 Å². The first kappa shape index (κ1) is 21.2. The maximum atomic E-state index is 14.0. The van der Waals surface area contributed by atoms with Crippen LogP contribution in [0.1, 0.15) is 27.6 Å². The Morgan fingerprint density at radius 1 is 1.11 bits per heavy atom. The van der Waals surface area contributed by atoms with E-state index in [1.165, 1.54) is 45.4 Å². The van der Waals surface area contributed by atoms with Crippen molar-refractivity contribution in [1.29, 1.82) is 0 Å². The second-order valence-electron chi connectivity index (χ2n) is 5.66. The molecule has 0 spiro atoms. The summed E-state index contributed by atoms with van der Waals surface area (Å²) >= 11 is 0.956. The fourth-order valence-electron chi connectivity index (χ4n) is 2.35. The number of amides is 2. The molecule has 28 heavy (non-hydrogen) atoms. The second-order valence-corrected chi connectivity index (χ2v) is 6.67. The van der Waals surface area contributed by atoms with Gasteiger partial charge in [0.15, 0.2) is 17.3 Å². The quantitative estimate of drug-likeness (QED) is 0.516. The highest BCUT2D eigenvalue weighted by Crippen LogP contribution is 2.33. The topological polar surface area (TPSA) is 108 Å². The summed E-state index contributed by atoms with van der Waals surface area (Å²) in [5.74, 6) is -1.60. The molecule has 0 aliphatic rings. The highest BCUT2D eigenvalue weighted by Gasteiger charge is 2.17. The van der Waals surface area contributed by atoms with E-state index >= 15 is 0 Å². The lowest BCUT2D eigenvalue weighted by atomic mass is 10.1. The normalized spacial score (nSPS) is 10.3. The number of halogens is 1. The standard InChI is InChI=1S/C19H19FN2O5S/c1-10(23)11-4-5-17(13(20)6-11)28-9-18(24)22-14-8-16(27-3)15(26-2)7-12(14)19(21)25/h4-8H,9H2,1-3H3,(H2,21,25)(H,22,24). The molecule has 0 bridgehead atoms. The zero-order valence-electron chi connectivity index (χ0n) is 15.5. The molecule has 2 aromatic carbocycles. The molecular formula is C19H19FN2O5S. The van der Waals surface area contributed by atoms with Gasteiger partial charge in [-0.1, -0.05) is 6.07 Å². The predicted octanol–water partition coefficient (Wildman–Crippen LogP) is 2.88. The molecule has 0 aliphatic heterocycles. The van der Waals surface area contributed by atoms with Gasteiger partial charge in [0.2, 0.25) is 5.91 Å². The van der Waals surface area contributed by atoms with Crippen LogP contribution in [0.15, 0.2) is 35.2 Å². The van der Waals surface area contributed by atoms with Crippen molar-refractivity contribution in [3.05, 3.63) is 47.3 Å². The summed E-state index contributed by atoms with van der Waals surface area (Å²) in [5, 5.41) is 2.56. The maximum Gasteiger partial charge on any atom is 0.250 e. The van der Waals surface area contributed by atoms with Crippen LogP contribution in [0.25, 0.3) is 0 Å². The average molecular weight is 406 g/mol. The van der Waals surface area contributed by atoms with Gasteiger partial charge in [-0.05, 0) is 25.1 Å². The van der Waals surface area contributed by atoms with Gasteiger partial charge in [0, 0.05) is 16.5 Å². The molecule has 0 fully saturated rings. The number of methoxy groups -OCH3 is 2. The van der Waals surface area contributed by atoms with Crippen molar-refractivity contribution in [2.24, 2.45) is 5.73 Å². The number of rotatable bonds is 8. The lowest BCUT2D eigenvalue weighted by Gasteiger charge is -2.14. The number of ether oxygens (including phenoxy) is 2. The molecule has 0 saturated heterocycles. The lowest BCUT2D eigenvalue weighted by Crippen LogP contribution is -2.19. The molecule has 2 aromatic rings. The summed E-state index contributed by atoms with van der Waals surface area (Å²) in [5.41, 5.74) is 5.82. The molecule has 0 aliphatic carbocycles. The Kier molecular flexibility index (Phi) is 7.00. The average Bonchev–Trinajstić information content (AvgIpc) is 2.66. The monoisotopic (exact) mass is 406 g/mol. The number of nitrogens with two attached hydrogens (primary N) is 1. The van der Waals surface area contributed by atoms with E-state index in [4.69, 9.17) is 15.2 Å². The van der Waals surface area contributed by atoms with E-state index in [2.05, 4.69) is 5.32 Å². The molecule has 2 rings (SSSR count). The van der Waals surface area contributed by atoms with Gasteiger partial charge in [-0.25, -0.2) is 4.39 Å². The molecule has 148 valence electrons.